The van der Waals surface area contributed by atoms with E-state index in [1.807, 2.05) is 12.1 Å². The molecule has 2 aromatic rings. The number of non-ortho nitro benzene ring substituents is 1. The quantitative estimate of drug-likeness (QED) is 0.693. The fraction of sp³-hybridized carbons (Fsp3) is 0.400. The van der Waals surface area contributed by atoms with Crippen molar-refractivity contribution < 1.29 is 9.66 Å². The molecular weight excluding hydrogens is 270 g/mol. The largest absolute Gasteiger partial charge is 0.382 e. The Kier molecular flexibility index (Phi) is 3.70. The third-order valence-electron chi connectivity index (χ3n) is 3.79. The van der Waals surface area contributed by atoms with Crippen LogP contribution in [0, 0.1) is 10.1 Å². The summed E-state index contributed by atoms with van der Waals surface area (Å²) < 4.78 is 5.54. The lowest BCUT2D eigenvalue weighted by Gasteiger charge is -2.29. The first-order chi connectivity index (χ1) is 10.1. The average molecular weight is 287 g/mol. The molecule has 1 aliphatic heterocycles. The maximum atomic E-state index is 11.1. The normalized spacial score (nSPS) is 22.1. The molecule has 0 bridgehead atoms. The van der Waals surface area contributed by atoms with Crippen molar-refractivity contribution in [1.82, 2.24) is 4.98 Å². The molecule has 1 aliphatic rings. The number of hydrogen-bond donors (Lipinski definition) is 1. The van der Waals surface area contributed by atoms with Crippen molar-refractivity contribution in [3.05, 3.63) is 40.6 Å². The lowest BCUT2D eigenvalue weighted by molar-refractivity contribution is -0.383. The van der Waals surface area contributed by atoms with Gasteiger partial charge < -0.3 is 10.1 Å². The first-order valence-corrected chi connectivity index (χ1v) is 7.05. The molecule has 3 rings (SSSR count). The molecule has 1 aromatic heterocycles. The molecular formula is C15H17N3O3. The predicted molar refractivity (Wildman–Crippen MR) is 80.5 cm³/mol. The number of fused-ring (bicyclic) bond motifs is 1. The molecule has 0 spiro atoms. The molecule has 1 N–H and O–H groups in total. The summed E-state index contributed by atoms with van der Waals surface area (Å²) in [6.45, 7) is 2.80. The Morgan fingerprint density at radius 1 is 1.43 bits per heavy atom. The summed E-state index contributed by atoms with van der Waals surface area (Å²) in [5.74, 6) is 0. The van der Waals surface area contributed by atoms with Crippen molar-refractivity contribution in [2.75, 3.05) is 11.9 Å². The van der Waals surface area contributed by atoms with Crippen molar-refractivity contribution in [3.8, 4) is 0 Å². The van der Waals surface area contributed by atoms with Gasteiger partial charge in [-0.1, -0.05) is 12.1 Å². The minimum atomic E-state index is -0.393. The van der Waals surface area contributed by atoms with Crippen LogP contribution in [-0.4, -0.2) is 28.7 Å². The van der Waals surface area contributed by atoms with Crippen LogP contribution < -0.4 is 5.32 Å². The minimum Gasteiger partial charge on any atom is -0.382 e. The monoisotopic (exact) mass is 287 g/mol. The van der Waals surface area contributed by atoms with E-state index < -0.39 is 4.92 Å². The highest BCUT2D eigenvalue weighted by atomic mass is 16.6. The SMILES string of the molecule is CC1CC(Nc2ccnc3c([N+](=O)[O-])cccc23)CCO1. The number of nitro groups is 1. The fourth-order valence-electron chi connectivity index (χ4n) is 2.78. The number of pyridine rings is 1. The Morgan fingerprint density at radius 2 is 2.29 bits per heavy atom. The van der Waals surface area contributed by atoms with Crippen LogP contribution in [0.4, 0.5) is 11.4 Å². The maximum absolute atomic E-state index is 11.1. The van der Waals surface area contributed by atoms with Gasteiger partial charge in [0.25, 0.3) is 5.69 Å². The van der Waals surface area contributed by atoms with Crippen molar-refractivity contribution in [1.29, 1.82) is 0 Å². The van der Waals surface area contributed by atoms with Gasteiger partial charge in [0.1, 0.15) is 5.52 Å². The molecule has 2 unspecified atom stereocenters. The summed E-state index contributed by atoms with van der Waals surface area (Å²) in [5.41, 5.74) is 1.35. The van der Waals surface area contributed by atoms with Gasteiger partial charge in [-0.2, -0.15) is 0 Å². The van der Waals surface area contributed by atoms with Crippen molar-refractivity contribution in [2.24, 2.45) is 0 Å². The van der Waals surface area contributed by atoms with Crippen LogP contribution in [0.2, 0.25) is 0 Å². The van der Waals surface area contributed by atoms with Gasteiger partial charge in [-0.05, 0) is 25.8 Å². The number of para-hydroxylation sites is 1. The second kappa shape index (κ2) is 5.65. The van der Waals surface area contributed by atoms with Crippen LogP contribution in [0.1, 0.15) is 19.8 Å². The summed E-state index contributed by atoms with van der Waals surface area (Å²) in [7, 11) is 0. The van der Waals surface area contributed by atoms with E-state index in [-0.39, 0.29) is 11.8 Å². The average Bonchev–Trinajstić information content (AvgIpc) is 2.47. The molecule has 1 fully saturated rings. The van der Waals surface area contributed by atoms with E-state index in [0.717, 1.165) is 30.5 Å². The van der Waals surface area contributed by atoms with Crippen LogP contribution in [0.3, 0.4) is 0 Å². The fourth-order valence-corrected chi connectivity index (χ4v) is 2.78. The molecule has 0 aliphatic carbocycles. The summed E-state index contributed by atoms with van der Waals surface area (Å²) in [4.78, 5) is 14.9. The van der Waals surface area contributed by atoms with Gasteiger partial charge in [-0.25, -0.2) is 4.98 Å². The maximum Gasteiger partial charge on any atom is 0.295 e. The van der Waals surface area contributed by atoms with E-state index in [9.17, 15) is 10.1 Å². The van der Waals surface area contributed by atoms with E-state index in [1.165, 1.54) is 6.07 Å². The molecule has 21 heavy (non-hydrogen) atoms. The zero-order chi connectivity index (χ0) is 14.8. The van der Waals surface area contributed by atoms with Crippen molar-refractivity contribution in [2.45, 2.75) is 31.9 Å². The Balaban J connectivity index is 1.95. The molecule has 1 aromatic carbocycles. The Morgan fingerprint density at radius 3 is 3.05 bits per heavy atom. The first kappa shape index (κ1) is 13.8. The number of nitrogens with one attached hydrogen (secondary N) is 1. The Labute approximate surface area is 122 Å². The number of nitro benzene ring substituents is 1. The smallest absolute Gasteiger partial charge is 0.295 e. The molecule has 2 atom stereocenters. The number of nitrogens with zero attached hydrogens (tertiary/aromatic N) is 2. The highest BCUT2D eigenvalue weighted by Gasteiger charge is 2.21. The topological polar surface area (TPSA) is 77.3 Å². The highest BCUT2D eigenvalue weighted by Crippen LogP contribution is 2.30. The number of benzene rings is 1. The minimum absolute atomic E-state index is 0.0384. The predicted octanol–water partition coefficient (Wildman–Crippen LogP) is 3.12. The van der Waals surface area contributed by atoms with Crippen LogP contribution in [0.5, 0.6) is 0 Å². The molecule has 0 saturated carbocycles. The van der Waals surface area contributed by atoms with E-state index in [1.54, 1.807) is 12.3 Å². The van der Waals surface area contributed by atoms with Gasteiger partial charge in [0, 0.05) is 36.0 Å². The van der Waals surface area contributed by atoms with Gasteiger partial charge in [0.15, 0.2) is 0 Å². The Bertz CT molecular complexity index is 674. The van der Waals surface area contributed by atoms with Gasteiger partial charge >= 0.3 is 0 Å². The van der Waals surface area contributed by atoms with Crippen LogP contribution >= 0.6 is 0 Å². The van der Waals surface area contributed by atoms with Crippen LogP contribution in [0.25, 0.3) is 10.9 Å². The molecule has 0 amide bonds. The van der Waals surface area contributed by atoms with E-state index in [2.05, 4.69) is 17.2 Å². The lowest BCUT2D eigenvalue weighted by Crippen LogP contribution is -2.32. The second-order valence-corrected chi connectivity index (χ2v) is 5.34. The third kappa shape index (κ3) is 2.80. The molecule has 6 heteroatoms. The molecule has 110 valence electrons. The summed E-state index contributed by atoms with van der Waals surface area (Å²) >= 11 is 0. The summed E-state index contributed by atoms with van der Waals surface area (Å²) in [5, 5.41) is 15.3. The number of ether oxygens (including phenoxy) is 1. The molecule has 0 radical (unpaired) electrons. The van der Waals surface area contributed by atoms with Gasteiger partial charge in [0.05, 0.1) is 11.0 Å². The third-order valence-corrected chi connectivity index (χ3v) is 3.79. The van der Waals surface area contributed by atoms with Gasteiger partial charge in [0.2, 0.25) is 0 Å². The number of rotatable bonds is 3. The van der Waals surface area contributed by atoms with Gasteiger partial charge in [-0.15, -0.1) is 0 Å². The van der Waals surface area contributed by atoms with Crippen molar-refractivity contribution in [3.63, 3.8) is 0 Å². The van der Waals surface area contributed by atoms with Crippen LogP contribution in [-0.2, 0) is 4.74 Å². The van der Waals surface area contributed by atoms with Gasteiger partial charge in [-0.3, -0.25) is 10.1 Å². The summed E-state index contributed by atoms with van der Waals surface area (Å²) in [6.07, 6.45) is 3.71. The van der Waals surface area contributed by atoms with E-state index >= 15 is 0 Å². The number of hydrogen-bond acceptors (Lipinski definition) is 5. The zero-order valence-electron chi connectivity index (χ0n) is 11.8. The standard InChI is InChI=1S/C15H17N3O3/c1-10-9-11(6-8-21-10)17-13-5-7-16-15-12(13)3-2-4-14(15)18(19)20/h2-5,7,10-11H,6,8-9H2,1H3,(H,16,17). The highest BCUT2D eigenvalue weighted by molar-refractivity contribution is 5.96. The second-order valence-electron chi connectivity index (χ2n) is 5.34. The molecule has 2 heterocycles. The van der Waals surface area contributed by atoms with Crippen LogP contribution in [0.15, 0.2) is 30.5 Å². The zero-order valence-corrected chi connectivity index (χ0v) is 11.8. The molecule has 1 saturated heterocycles. The lowest BCUT2D eigenvalue weighted by atomic mass is 10.0. The summed E-state index contributed by atoms with van der Waals surface area (Å²) in [6, 6.07) is 7.22. The van der Waals surface area contributed by atoms with E-state index in [0.29, 0.717) is 11.6 Å². The number of anilines is 1. The molecule has 6 nitrogen and oxygen atoms in total. The number of aromatic nitrogens is 1. The van der Waals surface area contributed by atoms with Crippen molar-refractivity contribution >= 4 is 22.3 Å². The Hall–Kier alpha value is -2.21. The van der Waals surface area contributed by atoms with E-state index in [4.69, 9.17) is 4.74 Å². The first-order valence-electron chi connectivity index (χ1n) is 7.05.